The number of esters is 1. The van der Waals surface area contributed by atoms with E-state index in [-0.39, 0.29) is 30.4 Å². The number of halogens is 2. The van der Waals surface area contributed by atoms with E-state index in [2.05, 4.69) is 4.99 Å². The van der Waals surface area contributed by atoms with Crippen LogP contribution in [0.25, 0.3) is 6.08 Å². The fraction of sp³-hybridized carbons (Fsp3) is 0.111. The molecule has 1 N–H and O–H groups in total. The molecule has 0 aromatic heterocycles. The summed E-state index contributed by atoms with van der Waals surface area (Å²) < 4.78 is 24.2. The average molecular weight is 510 g/mol. The van der Waals surface area contributed by atoms with Crippen molar-refractivity contribution in [1.29, 1.82) is 0 Å². The van der Waals surface area contributed by atoms with Crippen LogP contribution in [0, 0.1) is 5.82 Å². The van der Waals surface area contributed by atoms with Gasteiger partial charge in [0.25, 0.3) is 0 Å². The van der Waals surface area contributed by atoms with Gasteiger partial charge in [-0.25, -0.2) is 14.2 Å². The molecule has 1 heterocycles. The highest BCUT2D eigenvalue weighted by Gasteiger charge is 2.33. The number of ether oxygens (including phenoxy) is 2. The van der Waals surface area contributed by atoms with Crippen LogP contribution in [0.4, 0.5) is 10.1 Å². The number of aliphatic hydroxyl groups is 1. The number of nitrogens with zero attached hydrogens (tertiary/aromatic N) is 1. The van der Waals surface area contributed by atoms with Gasteiger partial charge in [-0.3, -0.25) is 0 Å². The molecular formula is C27H21ClFNO4S. The van der Waals surface area contributed by atoms with Crippen LogP contribution in [0.1, 0.15) is 18.1 Å². The van der Waals surface area contributed by atoms with Crippen molar-refractivity contribution < 1.29 is 23.8 Å². The summed E-state index contributed by atoms with van der Waals surface area (Å²) in [5.74, 6) is -0.741. The fourth-order valence-electron chi connectivity index (χ4n) is 3.27. The number of para-hydroxylation sites is 1. The molecule has 0 aliphatic carbocycles. The van der Waals surface area contributed by atoms with Gasteiger partial charge in [0.1, 0.15) is 34.5 Å². The van der Waals surface area contributed by atoms with Crippen molar-refractivity contribution in [3.63, 3.8) is 0 Å². The van der Waals surface area contributed by atoms with Gasteiger partial charge in [-0.1, -0.05) is 59.8 Å². The SMILES string of the molecule is CCOC(=O)C1=C(O)/C(=C/c2ccc(OCc3cccc(F)c3)c(Cl)c2)SC1=Nc1ccccc1. The summed E-state index contributed by atoms with van der Waals surface area (Å²) in [5, 5.41) is 11.5. The maximum Gasteiger partial charge on any atom is 0.344 e. The van der Waals surface area contributed by atoms with Crippen LogP contribution in [0.3, 0.4) is 0 Å². The number of carbonyl (C=O) groups excluding carboxylic acids is 1. The summed E-state index contributed by atoms with van der Waals surface area (Å²) in [6.45, 7) is 2.03. The van der Waals surface area contributed by atoms with Crippen molar-refractivity contribution >= 4 is 46.1 Å². The standard InChI is InChI=1S/C27H21ClFNO4S/c1-2-33-27(32)24-25(31)23(35-26(24)30-20-9-4-3-5-10-20)15-17-11-12-22(21(28)14-17)34-16-18-7-6-8-19(29)13-18/h3-15,31H,2,16H2,1H3/b23-15-,30-26?. The Hall–Kier alpha value is -3.55. The van der Waals surface area contributed by atoms with Crippen LogP contribution in [0.2, 0.25) is 5.02 Å². The molecule has 5 nitrogen and oxygen atoms in total. The fourth-order valence-corrected chi connectivity index (χ4v) is 4.55. The lowest BCUT2D eigenvalue weighted by atomic mass is 10.1. The van der Waals surface area contributed by atoms with Gasteiger partial charge in [-0.2, -0.15) is 0 Å². The Morgan fingerprint density at radius 1 is 1.11 bits per heavy atom. The molecule has 0 atom stereocenters. The number of aliphatic hydroxyl groups excluding tert-OH is 1. The molecule has 1 aliphatic rings. The summed E-state index contributed by atoms with van der Waals surface area (Å²) in [6, 6.07) is 20.4. The van der Waals surface area contributed by atoms with E-state index in [1.807, 2.05) is 18.2 Å². The van der Waals surface area contributed by atoms with E-state index in [9.17, 15) is 14.3 Å². The van der Waals surface area contributed by atoms with Gasteiger partial charge in [-0.05, 0) is 60.5 Å². The molecule has 8 heteroatoms. The first-order valence-electron chi connectivity index (χ1n) is 10.8. The highest BCUT2D eigenvalue weighted by atomic mass is 35.5. The quantitative estimate of drug-likeness (QED) is 0.340. The van der Waals surface area contributed by atoms with E-state index in [1.54, 1.807) is 55.5 Å². The van der Waals surface area contributed by atoms with Crippen molar-refractivity contribution in [3.8, 4) is 5.75 Å². The second kappa shape index (κ2) is 11.3. The van der Waals surface area contributed by atoms with Crippen molar-refractivity contribution in [2.24, 2.45) is 4.99 Å². The molecule has 0 amide bonds. The molecule has 35 heavy (non-hydrogen) atoms. The Morgan fingerprint density at radius 2 is 1.91 bits per heavy atom. The van der Waals surface area contributed by atoms with Gasteiger partial charge < -0.3 is 14.6 Å². The molecule has 0 saturated heterocycles. The second-order valence-electron chi connectivity index (χ2n) is 7.42. The molecule has 0 radical (unpaired) electrons. The first-order valence-corrected chi connectivity index (χ1v) is 11.9. The summed E-state index contributed by atoms with van der Waals surface area (Å²) in [4.78, 5) is 17.5. The van der Waals surface area contributed by atoms with Gasteiger partial charge >= 0.3 is 5.97 Å². The molecular weight excluding hydrogens is 489 g/mol. The highest BCUT2D eigenvalue weighted by molar-refractivity contribution is 8.18. The lowest BCUT2D eigenvalue weighted by Gasteiger charge is -2.09. The summed E-state index contributed by atoms with van der Waals surface area (Å²) in [7, 11) is 0. The minimum Gasteiger partial charge on any atom is -0.506 e. The number of hydrogen-bond acceptors (Lipinski definition) is 6. The summed E-state index contributed by atoms with van der Waals surface area (Å²) >= 11 is 7.56. The van der Waals surface area contributed by atoms with Crippen LogP contribution in [0.5, 0.6) is 5.75 Å². The minimum atomic E-state index is -0.644. The Bertz CT molecular complexity index is 1340. The normalized spacial score (nSPS) is 15.6. The molecule has 178 valence electrons. The van der Waals surface area contributed by atoms with Crippen LogP contribution < -0.4 is 4.74 Å². The lowest BCUT2D eigenvalue weighted by molar-refractivity contribution is -0.138. The van der Waals surface area contributed by atoms with Crippen molar-refractivity contribution in [2.75, 3.05) is 6.61 Å². The molecule has 3 aromatic carbocycles. The van der Waals surface area contributed by atoms with Gasteiger partial charge in [0.05, 0.1) is 22.2 Å². The smallest absolute Gasteiger partial charge is 0.344 e. The lowest BCUT2D eigenvalue weighted by Crippen LogP contribution is -2.12. The molecule has 0 unspecified atom stereocenters. The maximum atomic E-state index is 13.4. The number of thioether (sulfide) groups is 1. The first-order chi connectivity index (χ1) is 16.9. The number of hydrogen-bond donors (Lipinski definition) is 1. The summed E-state index contributed by atoms with van der Waals surface area (Å²) in [5.41, 5.74) is 2.04. The average Bonchev–Trinajstić information content (AvgIpc) is 3.13. The Labute approximate surface area is 211 Å². The van der Waals surface area contributed by atoms with Crippen molar-refractivity contribution in [2.45, 2.75) is 13.5 Å². The van der Waals surface area contributed by atoms with Crippen LogP contribution in [0.15, 0.2) is 94.0 Å². The van der Waals surface area contributed by atoms with Gasteiger partial charge in [0.15, 0.2) is 0 Å². The highest BCUT2D eigenvalue weighted by Crippen LogP contribution is 2.40. The largest absolute Gasteiger partial charge is 0.506 e. The molecule has 3 aromatic rings. The summed E-state index contributed by atoms with van der Waals surface area (Å²) in [6.07, 6.45) is 1.70. The van der Waals surface area contributed by atoms with E-state index in [1.165, 1.54) is 23.9 Å². The van der Waals surface area contributed by atoms with E-state index in [0.29, 0.717) is 37.5 Å². The third-order valence-corrected chi connectivity index (χ3v) is 6.21. The zero-order valence-electron chi connectivity index (χ0n) is 18.7. The molecule has 1 aliphatic heterocycles. The van der Waals surface area contributed by atoms with E-state index in [4.69, 9.17) is 21.1 Å². The Kier molecular flexibility index (Phi) is 7.90. The third kappa shape index (κ3) is 6.12. The van der Waals surface area contributed by atoms with E-state index in [0.717, 1.165) is 0 Å². The van der Waals surface area contributed by atoms with Gasteiger partial charge in [0.2, 0.25) is 0 Å². The number of rotatable bonds is 7. The van der Waals surface area contributed by atoms with E-state index >= 15 is 0 Å². The zero-order chi connectivity index (χ0) is 24.8. The maximum absolute atomic E-state index is 13.4. The van der Waals surface area contributed by atoms with Crippen LogP contribution in [-0.4, -0.2) is 22.7 Å². The second-order valence-corrected chi connectivity index (χ2v) is 8.85. The molecule has 0 fully saturated rings. The van der Waals surface area contributed by atoms with Crippen molar-refractivity contribution in [3.05, 3.63) is 111 Å². The minimum absolute atomic E-state index is 0.0214. The molecule has 0 bridgehead atoms. The monoisotopic (exact) mass is 509 g/mol. The van der Waals surface area contributed by atoms with Crippen molar-refractivity contribution in [1.82, 2.24) is 0 Å². The number of carbonyl (C=O) groups is 1. The molecule has 0 spiro atoms. The third-order valence-electron chi connectivity index (χ3n) is 4.89. The van der Waals surface area contributed by atoms with Crippen LogP contribution in [-0.2, 0) is 16.1 Å². The molecule has 4 rings (SSSR count). The van der Waals surface area contributed by atoms with Gasteiger partial charge in [-0.15, -0.1) is 0 Å². The predicted molar refractivity (Wildman–Crippen MR) is 138 cm³/mol. The predicted octanol–water partition coefficient (Wildman–Crippen LogP) is 7.25. The topological polar surface area (TPSA) is 68.1 Å². The Morgan fingerprint density at radius 3 is 2.63 bits per heavy atom. The first kappa shape index (κ1) is 24.6. The van der Waals surface area contributed by atoms with E-state index < -0.39 is 5.97 Å². The zero-order valence-corrected chi connectivity index (χ0v) is 20.3. The Balaban J connectivity index is 1.58. The van der Waals surface area contributed by atoms with Gasteiger partial charge in [0, 0.05) is 0 Å². The number of aliphatic imine (C=N–C) groups is 1. The van der Waals surface area contributed by atoms with Crippen LogP contribution >= 0.6 is 23.4 Å². The number of benzene rings is 3. The molecule has 0 saturated carbocycles.